The lowest BCUT2D eigenvalue weighted by Gasteiger charge is -1.97. The number of rotatable bonds is 1. The first-order valence-corrected chi connectivity index (χ1v) is 5.29. The summed E-state index contributed by atoms with van der Waals surface area (Å²) in [5, 5.41) is 3.33. The van der Waals surface area contributed by atoms with Gasteiger partial charge in [-0.05, 0) is 30.7 Å². The van der Waals surface area contributed by atoms with Crippen molar-refractivity contribution >= 4 is 22.0 Å². The van der Waals surface area contributed by atoms with Crippen LogP contribution < -0.4 is 5.32 Å². The van der Waals surface area contributed by atoms with Gasteiger partial charge in [-0.1, -0.05) is 39.7 Å². The van der Waals surface area contributed by atoms with Gasteiger partial charge in [-0.2, -0.15) is 0 Å². The van der Waals surface area contributed by atoms with Gasteiger partial charge in [0.15, 0.2) is 0 Å². The largest absolute Gasteiger partial charge is 0.313 e. The van der Waals surface area contributed by atoms with Crippen molar-refractivity contribution in [2.45, 2.75) is 6.42 Å². The second kappa shape index (κ2) is 4.07. The van der Waals surface area contributed by atoms with E-state index >= 15 is 0 Å². The van der Waals surface area contributed by atoms with Crippen molar-refractivity contribution < 1.29 is 0 Å². The molecule has 0 unspecified atom stereocenters. The average Bonchev–Trinajstić information content (AvgIpc) is 2.57. The number of halogens is 1. The summed E-state index contributed by atoms with van der Waals surface area (Å²) in [5.74, 6) is 0. The molecule has 1 aromatic rings. The van der Waals surface area contributed by atoms with E-state index < -0.39 is 0 Å². The number of nitrogens with one attached hydrogen (secondary N) is 1. The first-order valence-electron chi connectivity index (χ1n) is 4.50. The molecule has 0 aliphatic carbocycles. The Kier molecular flexibility index (Phi) is 2.81. The van der Waals surface area contributed by atoms with E-state index in [9.17, 15) is 0 Å². The van der Waals surface area contributed by atoms with E-state index in [1.54, 1.807) is 0 Å². The van der Waals surface area contributed by atoms with E-state index in [0.29, 0.717) is 0 Å². The predicted molar refractivity (Wildman–Crippen MR) is 59.6 cm³/mol. The highest BCUT2D eigenvalue weighted by molar-refractivity contribution is 9.10. The Morgan fingerprint density at radius 2 is 2.31 bits per heavy atom. The van der Waals surface area contributed by atoms with Crippen LogP contribution in [0.3, 0.4) is 0 Å². The second-order valence-corrected chi connectivity index (χ2v) is 4.20. The van der Waals surface area contributed by atoms with Crippen LogP contribution in [0.25, 0.3) is 6.08 Å². The van der Waals surface area contributed by atoms with Gasteiger partial charge in [0.2, 0.25) is 0 Å². The molecule has 1 saturated heterocycles. The SMILES string of the molecule is Brc1cccc(C=C2CCNC2)c1. The summed E-state index contributed by atoms with van der Waals surface area (Å²) in [5.41, 5.74) is 2.78. The first kappa shape index (κ1) is 8.97. The number of benzene rings is 1. The van der Waals surface area contributed by atoms with Gasteiger partial charge in [0.1, 0.15) is 0 Å². The Balaban J connectivity index is 2.21. The molecule has 1 fully saturated rings. The highest BCUT2D eigenvalue weighted by Gasteiger charge is 2.04. The summed E-state index contributed by atoms with van der Waals surface area (Å²) in [6.45, 7) is 2.17. The molecule has 0 aromatic heterocycles. The van der Waals surface area contributed by atoms with E-state index in [1.165, 1.54) is 17.6 Å². The van der Waals surface area contributed by atoms with Crippen LogP contribution >= 0.6 is 15.9 Å². The third-order valence-corrected chi connectivity index (χ3v) is 2.69. The molecule has 1 aliphatic rings. The third kappa shape index (κ3) is 2.42. The van der Waals surface area contributed by atoms with Gasteiger partial charge in [-0.15, -0.1) is 0 Å². The molecule has 0 radical (unpaired) electrons. The minimum absolute atomic E-state index is 1.05. The van der Waals surface area contributed by atoms with E-state index in [1.807, 2.05) is 0 Å². The molecular weight excluding hydrogens is 226 g/mol. The van der Waals surface area contributed by atoms with Gasteiger partial charge in [0.25, 0.3) is 0 Å². The van der Waals surface area contributed by atoms with Crippen LogP contribution in [0.4, 0.5) is 0 Å². The van der Waals surface area contributed by atoms with Crippen LogP contribution in [0.5, 0.6) is 0 Å². The molecule has 68 valence electrons. The molecular formula is C11H12BrN. The minimum Gasteiger partial charge on any atom is -0.313 e. The molecule has 1 heterocycles. The molecule has 2 rings (SSSR count). The van der Waals surface area contributed by atoms with Gasteiger partial charge in [0.05, 0.1) is 0 Å². The summed E-state index contributed by atoms with van der Waals surface area (Å²) >= 11 is 3.47. The quantitative estimate of drug-likeness (QED) is 0.793. The zero-order chi connectivity index (χ0) is 9.10. The molecule has 0 bridgehead atoms. The maximum atomic E-state index is 3.47. The van der Waals surface area contributed by atoms with Crippen molar-refractivity contribution in [1.82, 2.24) is 5.32 Å². The van der Waals surface area contributed by atoms with Crippen LogP contribution in [-0.2, 0) is 0 Å². The summed E-state index contributed by atoms with van der Waals surface area (Å²) in [7, 11) is 0. The number of hydrogen-bond donors (Lipinski definition) is 1. The zero-order valence-electron chi connectivity index (χ0n) is 7.39. The van der Waals surface area contributed by atoms with Crippen molar-refractivity contribution in [3.8, 4) is 0 Å². The van der Waals surface area contributed by atoms with Crippen molar-refractivity contribution in [1.29, 1.82) is 0 Å². The van der Waals surface area contributed by atoms with Crippen molar-refractivity contribution in [3.63, 3.8) is 0 Å². The Morgan fingerprint density at radius 1 is 1.38 bits per heavy atom. The zero-order valence-corrected chi connectivity index (χ0v) is 8.97. The molecule has 13 heavy (non-hydrogen) atoms. The lowest BCUT2D eigenvalue weighted by molar-refractivity contribution is 0.862. The normalized spacial score (nSPS) is 19.6. The monoisotopic (exact) mass is 237 g/mol. The first-order chi connectivity index (χ1) is 6.34. The van der Waals surface area contributed by atoms with Gasteiger partial charge in [0, 0.05) is 11.0 Å². The van der Waals surface area contributed by atoms with Gasteiger partial charge < -0.3 is 5.32 Å². The van der Waals surface area contributed by atoms with Crippen LogP contribution in [-0.4, -0.2) is 13.1 Å². The predicted octanol–water partition coefficient (Wildman–Crippen LogP) is 2.83. The van der Waals surface area contributed by atoms with Crippen LogP contribution in [0.1, 0.15) is 12.0 Å². The fraction of sp³-hybridized carbons (Fsp3) is 0.273. The van der Waals surface area contributed by atoms with Crippen molar-refractivity contribution in [2.24, 2.45) is 0 Å². The summed E-state index contributed by atoms with van der Waals surface area (Å²) in [6.07, 6.45) is 3.46. The van der Waals surface area contributed by atoms with Crippen molar-refractivity contribution in [3.05, 3.63) is 39.9 Å². The lowest BCUT2D eigenvalue weighted by atomic mass is 10.1. The Labute approximate surface area is 87.0 Å². The topological polar surface area (TPSA) is 12.0 Å². The van der Waals surface area contributed by atoms with E-state index in [0.717, 1.165) is 17.6 Å². The maximum absolute atomic E-state index is 3.47. The molecule has 1 N–H and O–H groups in total. The van der Waals surface area contributed by atoms with Gasteiger partial charge >= 0.3 is 0 Å². The minimum atomic E-state index is 1.05. The lowest BCUT2D eigenvalue weighted by Crippen LogP contribution is -2.04. The molecule has 2 heteroatoms. The van der Waals surface area contributed by atoms with Crippen LogP contribution in [0, 0.1) is 0 Å². The van der Waals surface area contributed by atoms with E-state index in [-0.39, 0.29) is 0 Å². The average molecular weight is 238 g/mol. The van der Waals surface area contributed by atoms with Crippen LogP contribution in [0.2, 0.25) is 0 Å². The molecule has 0 saturated carbocycles. The highest BCUT2D eigenvalue weighted by atomic mass is 79.9. The molecule has 1 nitrogen and oxygen atoms in total. The Bertz CT molecular complexity index is 323. The standard InChI is InChI=1S/C11H12BrN/c12-11-3-1-2-9(7-11)6-10-4-5-13-8-10/h1-3,6-7,13H,4-5,8H2. The third-order valence-electron chi connectivity index (χ3n) is 2.19. The van der Waals surface area contributed by atoms with Gasteiger partial charge in [-0.3, -0.25) is 0 Å². The molecule has 1 aromatic carbocycles. The fourth-order valence-corrected chi connectivity index (χ4v) is 1.96. The second-order valence-electron chi connectivity index (χ2n) is 3.28. The van der Waals surface area contributed by atoms with E-state index in [2.05, 4.69) is 51.6 Å². The molecule has 0 spiro atoms. The molecule has 0 amide bonds. The summed E-state index contributed by atoms with van der Waals surface area (Å²) in [4.78, 5) is 0. The molecule has 1 aliphatic heterocycles. The fourth-order valence-electron chi connectivity index (χ4n) is 1.54. The van der Waals surface area contributed by atoms with E-state index in [4.69, 9.17) is 0 Å². The maximum Gasteiger partial charge on any atom is 0.0181 e. The summed E-state index contributed by atoms with van der Waals surface area (Å²) in [6, 6.07) is 8.40. The number of hydrogen-bond acceptors (Lipinski definition) is 1. The van der Waals surface area contributed by atoms with Crippen LogP contribution in [0.15, 0.2) is 34.3 Å². The molecule has 0 atom stereocenters. The smallest absolute Gasteiger partial charge is 0.0181 e. The summed E-state index contributed by atoms with van der Waals surface area (Å²) < 4.78 is 1.15. The van der Waals surface area contributed by atoms with Gasteiger partial charge in [-0.25, -0.2) is 0 Å². The Morgan fingerprint density at radius 3 is 3.00 bits per heavy atom. The van der Waals surface area contributed by atoms with Crippen molar-refractivity contribution in [2.75, 3.05) is 13.1 Å². The Hall–Kier alpha value is -0.600. The highest BCUT2D eigenvalue weighted by Crippen LogP contribution is 2.16.